The zero-order valence-electron chi connectivity index (χ0n) is 29.4. The molecule has 5 aromatic rings. The van der Waals surface area contributed by atoms with Crippen molar-refractivity contribution in [1.29, 1.82) is 0 Å². The maximum Gasteiger partial charge on any atom is 0.407 e. The van der Waals surface area contributed by atoms with Crippen LogP contribution in [0.25, 0.3) is 0 Å². The summed E-state index contributed by atoms with van der Waals surface area (Å²) in [5, 5.41) is 16.9. The van der Waals surface area contributed by atoms with Crippen molar-refractivity contribution < 1.29 is 28.9 Å². The molecule has 3 N–H and O–H groups in total. The molecule has 0 heterocycles. The SMILES string of the molecule is O=CNc1cc([C@H](O)CN(CCOc2ccc(CCCCNC(=O)OCc3ccccc3)cc2)Cc2ccccc2)ccc1OCc1ccccc1. The van der Waals surface area contributed by atoms with Crippen molar-refractivity contribution >= 4 is 18.2 Å². The summed E-state index contributed by atoms with van der Waals surface area (Å²) >= 11 is 0. The molecule has 0 fully saturated rings. The van der Waals surface area contributed by atoms with E-state index in [2.05, 4.69) is 39.8 Å². The van der Waals surface area contributed by atoms with Crippen LogP contribution in [0.2, 0.25) is 0 Å². The molecule has 0 bridgehead atoms. The van der Waals surface area contributed by atoms with Crippen LogP contribution in [0.5, 0.6) is 11.5 Å². The highest BCUT2D eigenvalue weighted by molar-refractivity contribution is 5.76. The number of nitrogens with zero attached hydrogens (tertiary/aromatic N) is 1. The van der Waals surface area contributed by atoms with Gasteiger partial charge in [0.1, 0.15) is 31.3 Å². The van der Waals surface area contributed by atoms with Crippen molar-refractivity contribution in [2.45, 2.75) is 45.1 Å². The lowest BCUT2D eigenvalue weighted by molar-refractivity contribution is -0.105. The van der Waals surface area contributed by atoms with Crippen LogP contribution >= 0.6 is 0 Å². The average Bonchev–Trinajstić information content (AvgIpc) is 3.18. The molecule has 5 rings (SSSR count). The lowest BCUT2D eigenvalue weighted by atomic mass is 10.1. The Kier molecular flexibility index (Phi) is 15.1. The summed E-state index contributed by atoms with van der Waals surface area (Å²) in [6.45, 7) is 3.21. The second-order valence-corrected chi connectivity index (χ2v) is 12.5. The first-order chi connectivity index (χ1) is 25.6. The van der Waals surface area contributed by atoms with E-state index in [0.717, 1.165) is 41.7 Å². The fraction of sp³-hybridized carbons (Fsp3) is 0.256. The summed E-state index contributed by atoms with van der Waals surface area (Å²) in [7, 11) is 0. The monoisotopic (exact) mass is 701 g/mol. The van der Waals surface area contributed by atoms with Crippen molar-refractivity contribution in [3.05, 3.63) is 161 Å². The fourth-order valence-electron chi connectivity index (χ4n) is 5.68. The van der Waals surface area contributed by atoms with Crippen molar-refractivity contribution in [1.82, 2.24) is 10.2 Å². The number of alkyl carbamates (subject to hydrolysis) is 1. The predicted octanol–water partition coefficient (Wildman–Crippen LogP) is 7.70. The minimum absolute atomic E-state index is 0.261. The Hall–Kier alpha value is -5.64. The van der Waals surface area contributed by atoms with Crippen LogP contribution in [0.15, 0.2) is 133 Å². The van der Waals surface area contributed by atoms with Crippen molar-refractivity contribution in [2.75, 3.05) is 31.6 Å². The van der Waals surface area contributed by atoms with Crippen LogP contribution < -0.4 is 20.1 Å². The number of hydrogen-bond acceptors (Lipinski definition) is 7. The largest absolute Gasteiger partial charge is 0.492 e. The highest BCUT2D eigenvalue weighted by Gasteiger charge is 2.17. The lowest BCUT2D eigenvalue weighted by Gasteiger charge is -2.26. The molecule has 9 nitrogen and oxygen atoms in total. The number of hydrogen-bond donors (Lipinski definition) is 3. The number of ether oxygens (including phenoxy) is 3. The van der Waals surface area contributed by atoms with Gasteiger partial charge in [-0.15, -0.1) is 0 Å². The normalized spacial score (nSPS) is 11.4. The van der Waals surface area contributed by atoms with E-state index in [1.807, 2.05) is 97.1 Å². The van der Waals surface area contributed by atoms with Crippen LogP contribution in [0.1, 0.15) is 46.8 Å². The molecule has 0 aliphatic rings. The molecule has 270 valence electrons. The third-order valence-electron chi connectivity index (χ3n) is 8.49. The number of aliphatic hydroxyl groups is 1. The summed E-state index contributed by atoms with van der Waals surface area (Å²) < 4.78 is 17.4. The third-order valence-corrected chi connectivity index (χ3v) is 8.49. The van der Waals surface area contributed by atoms with Gasteiger partial charge in [0.25, 0.3) is 0 Å². The zero-order valence-corrected chi connectivity index (χ0v) is 29.4. The number of aryl methyl sites for hydroxylation is 1. The first-order valence-electron chi connectivity index (χ1n) is 17.7. The van der Waals surface area contributed by atoms with Gasteiger partial charge in [-0.25, -0.2) is 4.79 Å². The Bertz CT molecular complexity index is 1770. The summed E-state index contributed by atoms with van der Waals surface area (Å²) in [5.74, 6) is 1.31. The molecule has 0 unspecified atom stereocenters. The Morgan fingerprint density at radius 3 is 2.06 bits per heavy atom. The smallest absolute Gasteiger partial charge is 0.407 e. The molecule has 0 saturated heterocycles. The van der Waals surface area contributed by atoms with Crippen molar-refractivity contribution in [3.63, 3.8) is 0 Å². The maximum absolute atomic E-state index is 11.9. The number of amides is 2. The summed E-state index contributed by atoms with van der Waals surface area (Å²) in [6, 6.07) is 43.0. The summed E-state index contributed by atoms with van der Waals surface area (Å²) in [6.07, 6.45) is 2.08. The van der Waals surface area contributed by atoms with Gasteiger partial charge >= 0.3 is 6.09 Å². The molecular weight excluding hydrogens is 654 g/mol. The third kappa shape index (κ3) is 12.9. The molecule has 2 amide bonds. The van der Waals surface area contributed by atoms with Crippen LogP contribution in [0, 0.1) is 0 Å². The van der Waals surface area contributed by atoms with E-state index in [1.165, 1.54) is 5.56 Å². The molecule has 9 heteroatoms. The molecule has 0 aromatic heterocycles. The second-order valence-electron chi connectivity index (χ2n) is 12.5. The molecule has 0 aliphatic heterocycles. The number of nitrogens with one attached hydrogen (secondary N) is 2. The first kappa shape index (κ1) is 37.6. The van der Waals surface area contributed by atoms with E-state index >= 15 is 0 Å². The number of carbonyl (C=O) groups excluding carboxylic acids is 2. The minimum Gasteiger partial charge on any atom is -0.492 e. The highest BCUT2D eigenvalue weighted by Crippen LogP contribution is 2.29. The Morgan fingerprint density at radius 1 is 0.731 bits per heavy atom. The molecule has 0 radical (unpaired) electrons. The van der Waals surface area contributed by atoms with Crippen LogP contribution in [0.3, 0.4) is 0 Å². The molecule has 0 saturated carbocycles. The molecule has 0 aliphatic carbocycles. The van der Waals surface area contributed by atoms with Gasteiger partial charge < -0.3 is 30.0 Å². The van der Waals surface area contributed by atoms with Gasteiger partial charge in [0.15, 0.2) is 0 Å². The van der Waals surface area contributed by atoms with Gasteiger partial charge in [0.2, 0.25) is 6.41 Å². The Morgan fingerprint density at radius 2 is 1.38 bits per heavy atom. The standard InChI is InChI=1S/C43H47N3O6/c47-33-45-40-28-38(21-24-42(40)51-31-36-15-6-2-7-16-36)41(48)30-46(29-35-13-4-1-5-14-35)26-27-50-39-22-19-34(20-23-39)12-10-11-25-44-43(49)52-32-37-17-8-3-9-18-37/h1-9,13-24,28,33,41,48H,10-12,25-27,29-32H2,(H,44,49)(H,45,47)/t41-/m1/s1. The lowest BCUT2D eigenvalue weighted by Crippen LogP contribution is -2.32. The Balaban J connectivity index is 1.07. The van der Waals surface area contributed by atoms with Gasteiger partial charge in [-0.1, -0.05) is 109 Å². The maximum atomic E-state index is 11.9. The number of unbranched alkanes of at least 4 members (excludes halogenated alkanes) is 1. The number of carbonyl (C=O) groups is 2. The van der Waals surface area contributed by atoms with E-state index in [4.69, 9.17) is 14.2 Å². The molecular formula is C43H47N3O6. The van der Waals surface area contributed by atoms with Crippen LogP contribution in [0.4, 0.5) is 10.5 Å². The van der Waals surface area contributed by atoms with Crippen LogP contribution in [-0.4, -0.2) is 48.8 Å². The quantitative estimate of drug-likeness (QED) is 0.0532. The van der Waals surface area contributed by atoms with E-state index in [0.29, 0.717) is 62.8 Å². The fourth-order valence-corrected chi connectivity index (χ4v) is 5.68. The Labute approximate surface area is 306 Å². The van der Waals surface area contributed by atoms with Crippen molar-refractivity contribution in [2.24, 2.45) is 0 Å². The summed E-state index contributed by atoms with van der Waals surface area (Å²) in [5.41, 5.74) is 5.48. The predicted molar refractivity (Wildman–Crippen MR) is 203 cm³/mol. The summed E-state index contributed by atoms with van der Waals surface area (Å²) in [4.78, 5) is 25.5. The number of rotatable bonds is 21. The van der Waals surface area contributed by atoms with Crippen LogP contribution in [-0.2, 0) is 35.7 Å². The zero-order chi connectivity index (χ0) is 36.2. The van der Waals surface area contributed by atoms with E-state index < -0.39 is 12.2 Å². The molecule has 0 spiro atoms. The van der Waals surface area contributed by atoms with E-state index in [-0.39, 0.29) is 6.61 Å². The number of benzene rings is 5. The van der Waals surface area contributed by atoms with Gasteiger partial charge in [0.05, 0.1) is 11.8 Å². The topological polar surface area (TPSA) is 109 Å². The molecule has 5 aromatic carbocycles. The van der Waals surface area contributed by atoms with Crippen molar-refractivity contribution in [3.8, 4) is 11.5 Å². The average molecular weight is 702 g/mol. The second kappa shape index (κ2) is 20.9. The van der Waals surface area contributed by atoms with E-state index in [9.17, 15) is 14.7 Å². The van der Waals surface area contributed by atoms with Gasteiger partial charge in [-0.05, 0) is 71.3 Å². The van der Waals surface area contributed by atoms with Gasteiger partial charge in [-0.2, -0.15) is 0 Å². The number of anilines is 1. The van der Waals surface area contributed by atoms with Gasteiger partial charge in [0, 0.05) is 26.2 Å². The minimum atomic E-state index is -0.812. The van der Waals surface area contributed by atoms with E-state index in [1.54, 1.807) is 12.1 Å². The highest BCUT2D eigenvalue weighted by atomic mass is 16.5. The molecule has 1 atom stereocenters. The first-order valence-corrected chi connectivity index (χ1v) is 17.7. The number of aliphatic hydroxyl groups excluding tert-OH is 1. The molecule has 52 heavy (non-hydrogen) atoms. The van der Waals surface area contributed by atoms with Gasteiger partial charge in [-0.3, -0.25) is 9.69 Å².